The molecule has 218 valence electrons. The summed E-state index contributed by atoms with van der Waals surface area (Å²) in [5.74, 6) is -0.0205. The zero-order chi connectivity index (χ0) is 29.1. The molecule has 0 spiro atoms. The van der Waals surface area contributed by atoms with Crippen LogP contribution in [-0.2, 0) is 20.7 Å². The number of benzene rings is 1. The summed E-state index contributed by atoms with van der Waals surface area (Å²) < 4.78 is 10.6. The number of alkyl carbamates (subject to hydrolysis) is 2. The zero-order valence-electron chi connectivity index (χ0n) is 24.7. The third kappa shape index (κ3) is 13.0. The van der Waals surface area contributed by atoms with Gasteiger partial charge in [-0.05, 0) is 66.4 Å². The molecule has 10 heteroatoms. The summed E-state index contributed by atoms with van der Waals surface area (Å²) in [7, 11) is 0. The number of rotatable bonds is 8. The Morgan fingerprint density at radius 3 is 1.97 bits per heavy atom. The van der Waals surface area contributed by atoms with E-state index in [0.29, 0.717) is 13.0 Å². The minimum atomic E-state index is -0.748. The van der Waals surface area contributed by atoms with Gasteiger partial charge in [-0.25, -0.2) is 9.59 Å². The summed E-state index contributed by atoms with van der Waals surface area (Å²) in [6.45, 7) is 15.7. The van der Waals surface area contributed by atoms with Crippen LogP contribution in [0.1, 0.15) is 73.3 Å². The maximum absolute atomic E-state index is 12.8. The normalized spacial score (nSPS) is 14.7. The number of nitrogens with zero attached hydrogens (tertiary/aromatic N) is 3. The second-order valence-electron chi connectivity index (χ2n) is 11.7. The number of hydrogen-bond acceptors (Lipinski definition) is 7. The fourth-order valence-electron chi connectivity index (χ4n) is 4.28. The highest BCUT2D eigenvalue weighted by atomic mass is 16.6. The highest BCUT2D eigenvalue weighted by Crippen LogP contribution is 2.18. The van der Waals surface area contributed by atoms with Gasteiger partial charge in [0.25, 0.3) is 0 Å². The molecule has 2 N–H and O–H groups in total. The van der Waals surface area contributed by atoms with Gasteiger partial charge in [-0.1, -0.05) is 37.3 Å². The van der Waals surface area contributed by atoms with E-state index >= 15 is 0 Å². The average Bonchev–Trinajstić information content (AvgIpc) is 2.83. The van der Waals surface area contributed by atoms with E-state index in [0.717, 1.165) is 38.9 Å². The van der Waals surface area contributed by atoms with Gasteiger partial charge in [0.1, 0.15) is 11.2 Å². The number of ether oxygens (including phenoxy) is 2. The van der Waals surface area contributed by atoms with E-state index in [2.05, 4.69) is 44.8 Å². The molecule has 0 atom stereocenters. The van der Waals surface area contributed by atoms with Crippen molar-refractivity contribution in [3.63, 3.8) is 0 Å². The summed E-state index contributed by atoms with van der Waals surface area (Å²) in [5.41, 5.74) is -0.112. The molecule has 39 heavy (non-hydrogen) atoms. The van der Waals surface area contributed by atoms with Gasteiger partial charge < -0.3 is 19.3 Å². The number of amides is 3. The van der Waals surface area contributed by atoms with E-state index in [-0.39, 0.29) is 24.5 Å². The minimum Gasteiger partial charge on any atom is -0.444 e. The first-order valence-corrected chi connectivity index (χ1v) is 13.9. The van der Waals surface area contributed by atoms with Crippen LogP contribution in [0.2, 0.25) is 0 Å². The summed E-state index contributed by atoms with van der Waals surface area (Å²) in [4.78, 5) is 46.2. The molecular weight excluding hydrogens is 498 g/mol. The molecule has 0 bridgehead atoms. The summed E-state index contributed by atoms with van der Waals surface area (Å²) in [6, 6.07) is 10.6. The quantitative estimate of drug-likeness (QED) is 0.371. The molecule has 1 aliphatic rings. The van der Waals surface area contributed by atoms with Gasteiger partial charge in [0.15, 0.2) is 0 Å². The lowest BCUT2D eigenvalue weighted by Crippen LogP contribution is -2.49. The van der Waals surface area contributed by atoms with Gasteiger partial charge in [0.2, 0.25) is 11.9 Å². The van der Waals surface area contributed by atoms with Crippen LogP contribution in [-0.4, -0.2) is 83.8 Å². The van der Waals surface area contributed by atoms with E-state index < -0.39 is 23.4 Å². The Balaban J connectivity index is 1.99. The van der Waals surface area contributed by atoms with Gasteiger partial charge in [-0.15, -0.1) is 0 Å². The highest BCUT2D eigenvalue weighted by Gasteiger charge is 2.27. The predicted octanol–water partition coefficient (Wildman–Crippen LogP) is 4.34. The molecule has 1 aromatic carbocycles. The summed E-state index contributed by atoms with van der Waals surface area (Å²) in [6.07, 6.45) is 1.70. The molecule has 1 aromatic rings. The van der Waals surface area contributed by atoms with Crippen molar-refractivity contribution in [3.8, 4) is 0 Å². The molecule has 1 heterocycles. The lowest BCUT2D eigenvalue weighted by atomic mass is 10.0. The van der Waals surface area contributed by atoms with E-state index in [1.807, 2.05) is 17.9 Å². The topological polar surface area (TPSA) is 113 Å². The molecule has 1 aliphatic heterocycles. The van der Waals surface area contributed by atoms with E-state index in [1.165, 1.54) is 5.56 Å². The lowest BCUT2D eigenvalue weighted by molar-refractivity contribution is -0.134. The number of carbonyl (C=O) groups is 3. The van der Waals surface area contributed by atoms with Crippen molar-refractivity contribution < 1.29 is 23.9 Å². The van der Waals surface area contributed by atoms with Crippen molar-refractivity contribution in [2.75, 3.05) is 32.7 Å². The van der Waals surface area contributed by atoms with Crippen molar-refractivity contribution in [1.82, 2.24) is 20.4 Å². The highest BCUT2D eigenvalue weighted by molar-refractivity contribution is 6.01. The molecule has 0 aromatic heterocycles. The second-order valence-corrected chi connectivity index (χ2v) is 11.7. The standard InChI is InChI=1S/C29H47N5O5/c1-8-24(35)34(23-15-19-33(20-16-23)18-14-22-12-10-9-11-13-22)21-17-30-25(31-26(36)38-28(2,3)4)32-27(37)39-29(5,6)7/h9-13,23H,8,14-21H2,1-7H3,(H2,30,31,32,36,37). The molecule has 0 aliphatic carbocycles. The van der Waals surface area contributed by atoms with Crippen molar-refractivity contribution in [2.45, 2.75) is 91.4 Å². The third-order valence-corrected chi connectivity index (χ3v) is 6.03. The van der Waals surface area contributed by atoms with Gasteiger partial charge in [-0.3, -0.25) is 20.4 Å². The first-order chi connectivity index (χ1) is 18.3. The van der Waals surface area contributed by atoms with Crippen molar-refractivity contribution in [1.29, 1.82) is 0 Å². The Morgan fingerprint density at radius 1 is 0.949 bits per heavy atom. The number of hydrogen-bond donors (Lipinski definition) is 2. The predicted molar refractivity (Wildman–Crippen MR) is 153 cm³/mol. The van der Waals surface area contributed by atoms with Crippen LogP contribution < -0.4 is 10.6 Å². The smallest absolute Gasteiger partial charge is 0.414 e. The fourth-order valence-corrected chi connectivity index (χ4v) is 4.28. The van der Waals surface area contributed by atoms with Crippen LogP contribution in [0.5, 0.6) is 0 Å². The zero-order valence-corrected chi connectivity index (χ0v) is 24.7. The van der Waals surface area contributed by atoms with Crippen LogP contribution in [0.3, 0.4) is 0 Å². The first kappa shape index (κ1) is 32.1. The van der Waals surface area contributed by atoms with Crippen LogP contribution in [0.4, 0.5) is 9.59 Å². The van der Waals surface area contributed by atoms with Crippen molar-refractivity contribution in [2.24, 2.45) is 4.99 Å². The second kappa shape index (κ2) is 14.9. The first-order valence-electron chi connectivity index (χ1n) is 13.9. The molecule has 0 unspecified atom stereocenters. The van der Waals surface area contributed by atoms with Gasteiger partial charge in [-0.2, -0.15) is 0 Å². The van der Waals surface area contributed by atoms with Crippen molar-refractivity contribution >= 4 is 24.1 Å². The summed E-state index contributed by atoms with van der Waals surface area (Å²) in [5, 5.41) is 4.97. The van der Waals surface area contributed by atoms with Crippen LogP contribution in [0, 0.1) is 0 Å². The molecule has 0 saturated carbocycles. The van der Waals surface area contributed by atoms with Gasteiger partial charge in [0.05, 0.1) is 6.54 Å². The van der Waals surface area contributed by atoms with Crippen molar-refractivity contribution in [3.05, 3.63) is 35.9 Å². The van der Waals surface area contributed by atoms with E-state index in [1.54, 1.807) is 41.5 Å². The van der Waals surface area contributed by atoms with Crippen LogP contribution in [0.15, 0.2) is 35.3 Å². The molecular formula is C29H47N5O5. The molecule has 2 rings (SSSR count). The van der Waals surface area contributed by atoms with E-state index in [4.69, 9.17) is 9.47 Å². The number of aliphatic imine (C=N–C) groups is 1. The molecule has 10 nitrogen and oxygen atoms in total. The largest absolute Gasteiger partial charge is 0.444 e. The lowest BCUT2D eigenvalue weighted by Gasteiger charge is -2.38. The average molecular weight is 546 g/mol. The van der Waals surface area contributed by atoms with Crippen LogP contribution in [0.25, 0.3) is 0 Å². The SMILES string of the molecule is CCC(=O)N(CCN=C(NC(=O)OC(C)(C)C)NC(=O)OC(C)(C)C)C1CCN(CCc2ccccc2)CC1. The van der Waals surface area contributed by atoms with Crippen LogP contribution >= 0.6 is 0 Å². The third-order valence-electron chi connectivity index (χ3n) is 6.03. The Hall–Kier alpha value is -3.14. The maximum atomic E-state index is 12.8. The number of nitrogens with one attached hydrogen (secondary N) is 2. The Bertz CT molecular complexity index is 929. The molecule has 0 radical (unpaired) electrons. The number of likely N-dealkylation sites (tertiary alicyclic amines) is 1. The Kier molecular flexibility index (Phi) is 12.2. The number of guanidine groups is 1. The summed E-state index contributed by atoms with van der Waals surface area (Å²) >= 11 is 0. The Morgan fingerprint density at radius 2 is 1.49 bits per heavy atom. The molecule has 1 fully saturated rings. The van der Waals surface area contributed by atoms with E-state index in [9.17, 15) is 14.4 Å². The monoisotopic (exact) mass is 545 g/mol. The molecule has 3 amide bonds. The number of carbonyl (C=O) groups excluding carboxylic acids is 3. The van der Waals surface area contributed by atoms with Gasteiger partial charge in [0, 0.05) is 38.6 Å². The molecule has 1 saturated heterocycles. The fraction of sp³-hybridized carbons (Fsp3) is 0.655. The minimum absolute atomic E-state index is 0.0645. The van der Waals surface area contributed by atoms with Gasteiger partial charge >= 0.3 is 12.2 Å². The number of piperidine rings is 1. The maximum Gasteiger partial charge on any atom is 0.414 e. The Labute approximate surface area is 233 Å².